The van der Waals surface area contributed by atoms with Crippen molar-refractivity contribution in [2.24, 2.45) is 0 Å². The van der Waals surface area contributed by atoms with Gasteiger partial charge in [0, 0.05) is 24.2 Å². The number of ether oxygens (including phenoxy) is 2. The van der Waals surface area contributed by atoms with Crippen LogP contribution in [-0.4, -0.2) is 24.2 Å². The van der Waals surface area contributed by atoms with Crippen molar-refractivity contribution < 1.29 is 9.47 Å². The molecule has 0 amide bonds. The predicted molar refractivity (Wildman–Crippen MR) is 76.6 cm³/mol. The van der Waals surface area contributed by atoms with E-state index in [0.717, 1.165) is 27.5 Å². The molecule has 0 atom stereocenters. The van der Waals surface area contributed by atoms with Gasteiger partial charge in [0.25, 0.3) is 0 Å². The van der Waals surface area contributed by atoms with Crippen molar-refractivity contribution in [1.82, 2.24) is 9.97 Å². The third-order valence-corrected chi connectivity index (χ3v) is 3.02. The monoisotopic (exact) mass is 323 g/mol. The molecule has 0 bridgehead atoms. The molecule has 0 aliphatic rings. The molecule has 0 spiro atoms. The summed E-state index contributed by atoms with van der Waals surface area (Å²) in [6.45, 7) is 0.608. The van der Waals surface area contributed by atoms with Gasteiger partial charge in [0.05, 0.1) is 14.2 Å². The lowest BCUT2D eigenvalue weighted by Crippen LogP contribution is -2.03. The van der Waals surface area contributed by atoms with Crippen LogP contribution in [-0.2, 0) is 6.54 Å². The van der Waals surface area contributed by atoms with Gasteiger partial charge in [-0.25, -0.2) is 9.97 Å². The van der Waals surface area contributed by atoms with E-state index in [-0.39, 0.29) is 0 Å². The number of hydrogen-bond donors (Lipinski definition) is 1. The Morgan fingerprint density at radius 3 is 2.68 bits per heavy atom. The largest absolute Gasteiger partial charge is 0.497 e. The third kappa shape index (κ3) is 3.57. The minimum Gasteiger partial charge on any atom is -0.497 e. The Morgan fingerprint density at radius 2 is 2.00 bits per heavy atom. The van der Waals surface area contributed by atoms with Gasteiger partial charge in [-0.15, -0.1) is 0 Å². The second-order valence-electron chi connectivity index (χ2n) is 3.76. The van der Waals surface area contributed by atoms with Crippen LogP contribution in [0.4, 0.5) is 5.82 Å². The predicted octanol–water partition coefficient (Wildman–Crippen LogP) is 2.87. The standard InChI is InChI=1S/C13H14BrN3O2/c1-18-10-4-3-9(11(5-10)19-2)7-15-13-6-12(14)16-8-17-13/h3-6,8H,7H2,1-2H3,(H,15,16,17). The lowest BCUT2D eigenvalue weighted by molar-refractivity contribution is 0.391. The lowest BCUT2D eigenvalue weighted by atomic mass is 10.2. The molecular formula is C13H14BrN3O2. The summed E-state index contributed by atoms with van der Waals surface area (Å²) >= 11 is 3.30. The number of halogens is 1. The number of rotatable bonds is 5. The number of aromatic nitrogens is 2. The van der Waals surface area contributed by atoms with E-state index in [0.29, 0.717) is 6.54 Å². The van der Waals surface area contributed by atoms with Gasteiger partial charge in [-0.2, -0.15) is 0 Å². The highest BCUT2D eigenvalue weighted by molar-refractivity contribution is 9.10. The Bertz CT molecular complexity index is 563. The number of hydrogen-bond acceptors (Lipinski definition) is 5. The molecule has 19 heavy (non-hydrogen) atoms. The van der Waals surface area contributed by atoms with Gasteiger partial charge < -0.3 is 14.8 Å². The van der Waals surface area contributed by atoms with E-state index in [1.165, 1.54) is 6.33 Å². The SMILES string of the molecule is COc1ccc(CNc2cc(Br)ncn2)c(OC)c1. The van der Waals surface area contributed by atoms with Crippen LogP contribution in [0.25, 0.3) is 0 Å². The van der Waals surface area contributed by atoms with Gasteiger partial charge in [-0.3, -0.25) is 0 Å². The van der Waals surface area contributed by atoms with E-state index in [1.54, 1.807) is 14.2 Å². The van der Waals surface area contributed by atoms with E-state index in [2.05, 4.69) is 31.2 Å². The van der Waals surface area contributed by atoms with Crippen LogP contribution < -0.4 is 14.8 Å². The van der Waals surface area contributed by atoms with Crippen LogP contribution >= 0.6 is 15.9 Å². The molecule has 0 fully saturated rings. The van der Waals surface area contributed by atoms with Crippen molar-refractivity contribution in [3.05, 3.63) is 40.8 Å². The Hall–Kier alpha value is -1.82. The van der Waals surface area contributed by atoms with Gasteiger partial charge in [0.1, 0.15) is 28.2 Å². The average molecular weight is 324 g/mol. The first kappa shape index (κ1) is 13.6. The molecule has 0 aliphatic carbocycles. The van der Waals surface area contributed by atoms with Crippen LogP contribution in [0.3, 0.4) is 0 Å². The summed E-state index contributed by atoms with van der Waals surface area (Å²) in [7, 11) is 3.27. The van der Waals surface area contributed by atoms with E-state index < -0.39 is 0 Å². The normalized spacial score (nSPS) is 10.1. The van der Waals surface area contributed by atoms with Crippen LogP contribution in [0.2, 0.25) is 0 Å². The first-order chi connectivity index (χ1) is 9.22. The third-order valence-electron chi connectivity index (χ3n) is 2.59. The Balaban J connectivity index is 2.11. The molecule has 0 saturated heterocycles. The van der Waals surface area contributed by atoms with Crippen molar-refractivity contribution in [3.8, 4) is 11.5 Å². The highest BCUT2D eigenvalue weighted by Gasteiger charge is 2.05. The summed E-state index contributed by atoms with van der Waals surface area (Å²) in [4.78, 5) is 8.10. The summed E-state index contributed by atoms with van der Waals surface area (Å²) in [6, 6.07) is 7.53. The van der Waals surface area contributed by atoms with Crippen molar-refractivity contribution in [3.63, 3.8) is 0 Å². The molecule has 2 aromatic rings. The van der Waals surface area contributed by atoms with Crippen LogP contribution in [0.5, 0.6) is 11.5 Å². The molecule has 2 rings (SSSR count). The second kappa shape index (κ2) is 6.38. The number of benzene rings is 1. The fraction of sp³-hybridized carbons (Fsp3) is 0.231. The fourth-order valence-electron chi connectivity index (χ4n) is 1.61. The highest BCUT2D eigenvalue weighted by atomic mass is 79.9. The zero-order valence-electron chi connectivity index (χ0n) is 10.7. The van der Waals surface area contributed by atoms with Gasteiger partial charge in [0.15, 0.2) is 0 Å². The minimum absolute atomic E-state index is 0.608. The molecule has 1 heterocycles. The van der Waals surface area contributed by atoms with Gasteiger partial charge in [-0.05, 0) is 28.1 Å². The second-order valence-corrected chi connectivity index (χ2v) is 4.57. The maximum atomic E-state index is 5.34. The molecule has 0 saturated carbocycles. The zero-order chi connectivity index (χ0) is 13.7. The van der Waals surface area contributed by atoms with Crippen molar-refractivity contribution in [1.29, 1.82) is 0 Å². The molecule has 1 aromatic heterocycles. The van der Waals surface area contributed by atoms with Crippen LogP contribution in [0.1, 0.15) is 5.56 Å². The zero-order valence-corrected chi connectivity index (χ0v) is 12.3. The fourth-order valence-corrected chi connectivity index (χ4v) is 1.92. The van der Waals surface area contributed by atoms with Gasteiger partial charge >= 0.3 is 0 Å². The number of methoxy groups -OCH3 is 2. The highest BCUT2D eigenvalue weighted by Crippen LogP contribution is 2.25. The number of nitrogens with zero attached hydrogens (tertiary/aromatic N) is 2. The summed E-state index contributed by atoms with van der Waals surface area (Å²) in [6.07, 6.45) is 1.50. The Labute approximate surface area is 120 Å². The molecule has 5 nitrogen and oxygen atoms in total. The van der Waals surface area contributed by atoms with Crippen LogP contribution in [0.15, 0.2) is 35.2 Å². The maximum Gasteiger partial charge on any atom is 0.130 e. The van der Waals surface area contributed by atoms with Gasteiger partial charge in [-0.1, -0.05) is 0 Å². The molecule has 1 aromatic carbocycles. The van der Waals surface area contributed by atoms with Crippen molar-refractivity contribution in [2.75, 3.05) is 19.5 Å². The minimum atomic E-state index is 0.608. The van der Waals surface area contributed by atoms with E-state index in [9.17, 15) is 0 Å². The topological polar surface area (TPSA) is 56.3 Å². The first-order valence-corrected chi connectivity index (χ1v) is 6.44. The number of nitrogens with one attached hydrogen (secondary N) is 1. The average Bonchev–Trinajstić information content (AvgIpc) is 2.45. The van der Waals surface area contributed by atoms with Gasteiger partial charge in [0.2, 0.25) is 0 Å². The molecule has 0 aliphatic heterocycles. The molecular weight excluding hydrogens is 310 g/mol. The quantitative estimate of drug-likeness (QED) is 0.857. The summed E-state index contributed by atoms with van der Waals surface area (Å²) in [5, 5.41) is 3.21. The molecule has 0 radical (unpaired) electrons. The maximum absolute atomic E-state index is 5.34. The Morgan fingerprint density at radius 1 is 1.16 bits per heavy atom. The first-order valence-electron chi connectivity index (χ1n) is 5.65. The Kier molecular flexibility index (Phi) is 4.57. The number of anilines is 1. The smallest absolute Gasteiger partial charge is 0.130 e. The van der Waals surface area contributed by atoms with Crippen molar-refractivity contribution >= 4 is 21.7 Å². The van der Waals surface area contributed by atoms with E-state index in [1.807, 2.05) is 24.3 Å². The van der Waals surface area contributed by atoms with E-state index >= 15 is 0 Å². The van der Waals surface area contributed by atoms with Crippen molar-refractivity contribution in [2.45, 2.75) is 6.54 Å². The lowest BCUT2D eigenvalue weighted by Gasteiger charge is -2.11. The summed E-state index contributed by atoms with van der Waals surface area (Å²) < 4.78 is 11.2. The van der Waals surface area contributed by atoms with Crippen LogP contribution in [0, 0.1) is 0 Å². The molecule has 6 heteroatoms. The molecule has 0 unspecified atom stereocenters. The summed E-state index contributed by atoms with van der Waals surface area (Å²) in [5.74, 6) is 2.30. The summed E-state index contributed by atoms with van der Waals surface area (Å²) in [5.41, 5.74) is 1.03. The molecule has 1 N–H and O–H groups in total. The molecule has 100 valence electrons. The van der Waals surface area contributed by atoms with E-state index in [4.69, 9.17) is 9.47 Å².